The third kappa shape index (κ3) is 4.74. The fourth-order valence-corrected chi connectivity index (χ4v) is 5.74. The molecule has 9 heteroatoms. The van der Waals surface area contributed by atoms with Gasteiger partial charge in [-0.05, 0) is 25.3 Å². The van der Waals surface area contributed by atoms with Crippen LogP contribution in [0.1, 0.15) is 49.9 Å². The van der Waals surface area contributed by atoms with Crippen molar-refractivity contribution >= 4 is 39.1 Å². The Kier molecular flexibility index (Phi) is 6.21. The van der Waals surface area contributed by atoms with Crippen LogP contribution in [0.25, 0.3) is 22.0 Å². The zero-order chi connectivity index (χ0) is 24.6. The van der Waals surface area contributed by atoms with Crippen LogP contribution in [0.15, 0.2) is 69.0 Å². The maximum atomic E-state index is 13.5. The minimum Gasteiger partial charge on any atom is -0.286 e. The second-order valence-corrected chi connectivity index (χ2v) is 11.4. The van der Waals surface area contributed by atoms with Crippen LogP contribution >= 0.6 is 22.7 Å². The SMILES string of the molecule is Cc1sc(N=Nc2c(C3=CC=CCC3)[nH]n(-c3nc(-c4ccccc4)cs3)c2=O)nc1C(C)(C)C. The van der Waals surface area contributed by atoms with E-state index in [1.54, 1.807) is 0 Å². The first kappa shape index (κ1) is 23.3. The molecule has 4 aromatic rings. The summed E-state index contributed by atoms with van der Waals surface area (Å²) >= 11 is 2.89. The molecular weight excluding hydrogens is 476 g/mol. The van der Waals surface area contributed by atoms with E-state index in [2.05, 4.69) is 47.2 Å². The molecule has 0 radical (unpaired) electrons. The summed E-state index contributed by atoms with van der Waals surface area (Å²) in [5.41, 5.74) is 4.42. The van der Waals surface area contributed by atoms with E-state index in [9.17, 15) is 4.79 Å². The zero-order valence-corrected chi connectivity index (χ0v) is 21.7. The first-order chi connectivity index (χ1) is 16.8. The third-order valence-corrected chi connectivity index (χ3v) is 7.37. The highest BCUT2D eigenvalue weighted by Gasteiger charge is 2.23. The Labute approximate surface area is 211 Å². The predicted octanol–water partition coefficient (Wildman–Crippen LogP) is 7.50. The average Bonchev–Trinajstić information content (AvgIpc) is 3.56. The fourth-order valence-electron chi connectivity index (χ4n) is 4.01. The van der Waals surface area contributed by atoms with E-state index < -0.39 is 0 Å². The number of allylic oxidation sites excluding steroid dienone is 4. The summed E-state index contributed by atoms with van der Waals surface area (Å²) in [4.78, 5) is 24.0. The van der Waals surface area contributed by atoms with Crippen LogP contribution in [-0.4, -0.2) is 19.7 Å². The summed E-state index contributed by atoms with van der Waals surface area (Å²) in [6.45, 7) is 8.41. The molecule has 35 heavy (non-hydrogen) atoms. The molecule has 1 aromatic carbocycles. The number of hydrogen-bond donors (Lipinski definition) is 1. The maximum Gasteiger partial charge on any atom is 0.301 e. The molecule has 0 amide bonds. The predicted molar refractivity (Wildman–Crippen MR) is 144 cm³/mol. The highest BCUT2D eigenvalue weighted by atomic mass is 32.1. The molecule has 0 bridgehead atoms. The molecule has 3 heterocycles. The van der Waals surface area contributed by atoms with Gasteiger partial charge in [-0.25, -0.2) is 9.97 Å². The summed E-state index contributed by atoms with van der Waals surface area (Å²) in [6.07, 6.45) is 7.86. The average molecular weight is 503 g/mol. The smallest absolute Gasteiger partial charge is 0.286 e. The molecule has 1 aliphatic carbocycles. The number of aromatic amines is 1. The molecule has 0 atom stereocenters. The Morgan fingerprint density at radius 1 is 1.11 bits per heavy atom. The number of azo groups is 1. The summed E-state index contributed by atoms with van der Waals surface area (Å²) in [6, 6.07) is 9.92. The summed E-state index contributed by atoms with van der Waals surface area (Å²) in [7, 11) is 0. The van der Waals surface area contributed by atoms with Crippen molar-refractivity contribution in [1.29, 1.82) is 0 Å². The number of aromatic nitrogens is 4. The van der Waals surface area contributed by atoms with Crippen LogP contribution < -0.4 is 5.56 Å². The summed E-state index contributed by atoms with van der Waals surface area (Å²) in [5, 5.41) is 15.1. The Hall–Kier alpha value is -3.43. The number of nitrogens with one attached hydrogen (secondary N) is 1. The van der Waals surface area contributed by atoms with Crippen LogP contribution in [0.5, 0.6) is 0 Å². The van der Waals surface area contributed by atoms with Crippen molar-refractivity contribution in [2.45, 2.75) is 46.0 Å². The molecule has 0 fully saturated rings. The van der Waals surface area contributed by atoms with E-state index in [4.69, 9.17) is 4.98 Å². The van der Waals surface area contributed by atoms with Crippen molar-refractivity contribution < 1.29 is 0 Å². The molecule has 5 rings (SSSR count). The highest BCUT2D eigenvalue weighted by Crippen LogP contribution is 2.35. The van der Waals surface area contributed by atoms with E-state index in [1.165, 1.54) is 27.4 Å². The third-order valence-electron chi connectivity index (χ3n) is 5.69. The normalized spacial score (nSPS) is 14.1. The van der Waals surface area contributed by atoms with E-state index in [0.29, 0.717) is 16.0 Å². The number of H-pyrrole nitrogens is 1. The number of benzene rings is 1. The highest BCUT2D eigenvalue weighted by molar-refractivity contribution is 7.15. The van der Waals surface area contributed by atoms with Gasteiger partial charge in [-0.1, -0.05) is 80.7 Å². The molecule has 0 aliphatic heterocycles. The van der Waals surface area contributed by atoms with Gasteiger partial charge in [0.05, 0.1) is 17.1 Å². The van der Waals surface area contributed by atoms with Gasteiger partial charge in [0.25, 0.3) is 0 Å². The van der Waals surface area contributed by atoms with Crippen LogP contribution in [-0.2, 0) is 5.41 Å². The van der Waals surface area contributed by atoms with Crippen LogP contribution in [0.3, 0.4) is 0 Å². The zero-order valence-electron chi connectivity index (χ0n) is 20.1. The van der Waals surface area contributed by atoms with Gasteiger partial charge in [0.1, 0.15) is 0 Å². The molecule has 0 saturated heterocycles. The Morgan fingerprint density at radius 3 is 2.60 bits per heavy atom. The van der Waals surface area contributed by atoms with Crippen molar-refractivity contribution in [3.8, 4) is 16.4 Å². The summed E-state index contributed by atoms with van der Waals surface area (Å²) < 4.78 is 1.47. The minimum absolute atomic E-state index is 0.0825. The van der Waals surface area contributed by atoms with Gasteiger partial charge in [-0.3, -0.25) is 9.89 Å². The molecule has 7 nitrogen and oxygen atoms in total. The molecule has 0 spiro atoms. The first-order valence-corrected chi connectivity index (χ1v) is 13.1. The standard InChI is InChI=1S/C26H26N6OS2/c1-16-22(26(2,3)4)28-24(35-16)30-29-21-20(18-13-9-6-10-14-18)31-32(23(21)33)25-27-19(15-34-25)17-11-7-5-8-12-17/h5-9,11-13,15,31H,10,14H2,1-4H3. The van der Waals surface area contributed by atoms with Crippen LogP contribution in [0.2, 0.25) is 0 Å². The number of nitrogens with zero attached hydrogens (tertiary/aromatic N) is 5. The van der Waals surface area contributed by atoms with E-state index >= 15 is 0 Å². The van der Waals surface area contributed by atoms with Crippen molar-refractivity contribution in [2.75, 3.05) is 0 Å². The molecule has 1 aliphatic rings. The lowest BCUT2D eigenvalue weighted by molar-refractivity contribution is 0.569. The quantitative estimate of drug-likeness (QED) is 0.287. The first-order valence-electron chi connectivity index (χ1n) is 11.4. The number of thiazole rings is 2. The van der Waals surface area contributed by atoms with Gasteiger partial charge in [0, 0.05) is 21.2 Å². The van der Waals surface area contributed by atoms with Crippen molar-refractivity contribution in [3.05, 3.63) is 80.6 Å². The molecule has 0 saturated carbocycles. The topological polar surface area (TPSA) is 88.3 Å². The van der Waals surface area contributed by atoms with Gasteiger partial charge in [0.15, 0.2) is 5.69 Å². The molecule has 3 aromatic heterocycles. The summed E-state index contributed by atoms with van der Waals surface area (Å²) in [5.74, 6) is 0. The van der Waals surface area contributed by atoms with Gasteiger partial charge in [-0.15, -0.1) is 21.6 Å². The minimum atomic E-state index is -0.280. The van der Waals surface area contributed by atoms with Gasteiger partial charge < -0.3 is 0 Å². The monoisotopic (exact) mass is 502 g/mol. The fraction of sp³-hybridized carbons (Fsp3) is 0.269. The molecule has 178 valence electrons. The lowest BCUT2D eigenvalue weighted by Crippen LogP contribution is -2.13. The Bertz CT molecular complexity index is 1510. The Morgan fingerprint density at radius 2 is 1.91 bits per heavy atom. The second-order valence-electron chi connectivity index (χ2n) is 9.37. The number of hydrogen-bond acceptors (Lipinski definition) is 7. The molecule has 1 N–H and O–H groups in total. The van der Waals surface area contributed by atoms with Crippen molar-refractivity contribution in [1.82, 2.24) is 19.7 Å². The number of rotatable bonds is 5. The van der Waals surface area contributed by atoms with E-state index in [1.807, 2.05) is 54.8 Å². The largest absolute Gasteiger partial charge is 0.301 e. The lowest BCUT2D eigenvalue weighted by Gasteiger charge is -2.15. The Balaban J connectivity index is 1.57. The van der Waals surface area contributed by atoms with Crippen molar-refractivity contribution in [2.24, 2.45) is 10.2 Å². The lowest BCUT2D eigenvalue weighted by atomic mass is 9.92. The van der Waals surface area contributed by atoms with Crippen molar-refractivity contribution in [3.63, 3.8) is 0 Å². The van der Waals surface area contributed by atoms with Crippen LogP contribution in [0.4, 0.5) is 10.8 Å². The second kappa shape index (κ2) is 9.31. The molecule has 0 unspecified atom stereocenters. The van der Waals surface area contributed by atoms with Gasteiger partial charge >= 0.3 is 5.56 Å². The molecular formula is C26H26N6OS2. The van der Waals surface area contributed by atoms with E-state index in [-0.39, 0.29) is 16.7 Å². The van der Waals surface area contributed by atoms with Crippen LogP contribution in [0, 0.1) is 6.92 Å². The number of aryl methyl sites for hydroxylation is 1. The van der Waals surface area contributed by atoms with Gasteiger partial charge in [-0.2, -0.15) is 4.68 Å². The van der Waals surface area contributed by atoms with E-state index in [0.717, 1.165) is 40.2 Å². The van der Waals surface area contributed by atoms with Gasteiger partial charge in [0.2, 0.25) is 10.3 Å². The maximum absolute atomic E-state index is 13.5.